The summed E-state index contributed by atoms with van der Waals surface area (Å²) in [6.45, 7) is 0. The van der Waals surface area contributed by atoms with Crippen molar-refractivity contribution < 1.29 is 4.79 Å². The van der Waals surface area contributed by atoms with Crippen LogP contribution in [-0.4, -0.2) is 17.4 Å². The zero-order valence-corrected chi connectivity index (χ0v) is 4.40. The van der Waals surface area contributed by atoms with Crippen LogP contribution in [0.3, 0.4) is 0 Å². The SMILES string of the molecule is CN(Br)C=O. The molecule has 0 bridgehead atoms. The monoisotopic (exact) mass is 137 g/mol. The molecule has 0 aromatic carbocycles. The van der Waals surface area contributed by atoms with E-state index in [1.165, 1.54) is 3.93 Å². The molecule has 0 aliphatic rings. The molecule has 0 radical (unpaired) electrons. The Morgan fingerprint density at radius 2 is 2.20 bits per heavy atom. The summed E-state index contributed by atoms with van der Waals surface area (Å²) in [4.78, 5) is 9.38. The van der Waals surface area contributed by atoms with E-state index in [2.05, 4.69) is 16.1 Å². The minimum Gasteiger partial charge on any atom is -0.285 e. The van der Waals surface area contributed by atoms with Crippen molar-refractivity contribution in [1.29, 1.82) is 0 Å². The van der Waals surface area contributed by atoms with Gasteiger partial charge >= 0.3 is 0 Å². The summed E-state index contributed by atoms with van der Waals surface area (Å²) in [5, 5.41) is 0. The molecule has 1 amide bonds. The van der Waals surface area contributed by atoms with Gasteiger partial charge in [0.05, 0.1) is 16.1 Å². The highest BCUT2D eigenvalue weighted by Crippen LogP contribution is 1.79. The van der Waals surface area contributed by atoms with Crippen LogP contribution in [0.1, 0.15) is 0 Å². The molecule has 0 aliphatic heterocycles. The quantitative estimate of drug-likeness (QED) is 0.379. The van der Waals surface area contributed by atoms with Crippen molar-refractivity contribution in [3.63, 3.8) is 0 Å². The molecule has 30 valence electrons. The van der Waals surface area contributed by atoms with E-state index in [0.717, 1.165) is 0 Å². The van der Waals surface area contributed by atoms with Crippen LogP contribution < -0.4 is 0 Å². The Morgan fingerprint density at radius 3 is 2.20 bits per heavy atom. The maximum atomic E-state index is 9.38. The smallest absolute Gasteiger partial charge is 0.219 e. The first-order valence-corrected chi connectivity index (χ1v) is 1.82. The first kappa shape index (κ1) is 4.95. The van der Waals surface area contributed by atoms with Gasteiger partial charge in [-0.3, -0.25) is 8.72 Å². The highest BCUT2D eigenvalue weighted by molar-refractivity contribution is 9.07. The van der Waals surface area contributed by atoms with Gasteiger partial charge in [-0.05, 0) is 0 Å². The fraction of sp³-hybridized carbons (Fsp3) is 0.500. The van der Waals surface area contributed by atoms with E-state index >= 15 is 0 Å². The zero-order valence-electron chi connectivity index (χ0n) is 2.81. The Kier molecular flexibility index (Phi) is 2.18. The second-order valence-corrected chi connectivity index (χ2v) is 1.75. The highest BCUT2D eigenvalue weighted by Gasteiger charge is 1.71. The lowest BCUT2D eigenvalue weighted by Crippen LogP contribution is -1.96. The van der Waals surface area contributed by atoms with Gasteiger partial charge in [-0.15, -0.1) is 0 Å². The van der Waals surface area contributed by atoms with Gasteiger partial charge in [0.1, 0.15) is 0 Å². The van der Waals surface area contributed by atoms with Crippen LogP contribution in [-0.2, 0) is 4.79 Å². The molecular weight excluding hydrogens is 134 g/mol. The molecule has 0 saturated heterocycles. The van der Waals surface area contributed by atoms with Gasteiger partial charge in [0.2, 0.25) is 6.41 Å². The maximum absolute atomic E-state index is 9.38. The third-order valence-electron chi connectivity index (χ3n) is 0.145. The molecule has 0 aliphatic carbocycles. The minimum atomic E-state index is 0.667. The minimum absolute atomic E-state index is 0.667. The molecular formula is C2H4BrNO. The molecule has 5 heavy (non-hydrogen) atoms. The normalized spacial score (nSPS) is 6.80. The first-order chi connectivity index (χ1) is 2.27. The van der Waals surface area contributed by atoms with Crippen molar-refractivity contribution in [3.8, 4) is 0 Å². The van der Waals surface area contributed by atoms with Crippen LogP contribution in [0.25, 0.3) is 0 Å². The van der Waals surface area contributed by atoms with Gasteiger partial charge in [-0.25, -0.2) is 0 Å². The van der Waals surface area contributed by atoms with Crippen LogP contribution in [0.4, 0.5) is 0 Å². The van der Waals surface area contributed by atoms with Gasteiger partial charge in [0.25, 0.3) is 0 Å². The standard InChI is InChI=1S/C2H4BrNO/c1-4(3)2-5/h2H,1H3. The molecule has 0 aromatic heterocycles. The lowest BCUT2D eigenvalue weighted by Gasteiger charge is -1.88. The summed E-state index contributed by atoms with van der Waals surface area (Å²) < 4.78 is 1.26. The molecule has 0 atom stereocenters. The number of hydrogen-bond donors (Lipinski definition) is 0. The van der Waals surface area contributed by atoms with Crippen LogP contribution in [0.2, 0.25) is 0 Å². The van der Waals surface area contributed by atoms with E-state index in [0.29, 0.717) is 6.41 Å². The molecule has 0 saturated carbocycles. The predicted molar refractivity (Wildman–Crippen MR) is 22.8 cm³/mol. The largest absolute Gasteiger partial charge is 0.285 e. The Balaban J connectivity index is 2.83. The van der Waals surface area contributed by atoms with Gasteiger partial charge in [0, 0.05) is 7.05 Å². The molecule has 0 rings (SSSR count). The van der Waals surface area contributed by atoms with Crippen LogP contribution in [0, 0.1) is 0 Å². The van der Waals surface area contributed by atoms with E-state index in [-0.39, 0.29) is 0 Å². The molecule has 0 unspecified atom stereocenters. The summed E-state index contributed by atoms with van der Waals surface area (Å²) in [6, 6.07) is 0. The fourth-order valence-corrected chi connectivity index (χ4v) is 0. The number of rotatable bonds is 1. The van der Waals surface area contributed by atoms with Crippen molar-refractivity contribution in [3.05, 3.63) is 0 Å². The third-order valence-corrected chi connectivity index (χ3v) is 0.312. The molecule has 0 aromatic rings. The van der Waals surface area contributed by atoms with E-state index in [9.17, 15) is 4.79 Å². The second-order valence-electron chi connectivity index (χ2n) is 0.630. The number of hydrogen-bond acceptors (Lipinski definition) is 1. The lowest BCUT2D eigenvalue weighted by molar-refractivity contribution is -0.112. The van der Waals surface area contributed by atoms with Gasteiger partial charge in [-0.1, -0.05) is 0 Å². The zero-order chi connectivity index (χ0) is 4.28. The summed E-state index contributed by atoms with van der Waals surface area (Å²) in [7, 11) is 1.60. The van der Waals surface area contributed by atoms with Crippen LogP contribution in [0.15, 0.2) is 0 Å². The van der Waals surface area contributed by atoms with E-state index in [1.54, 1.807) is 7.05 Å². The molecule has 0 heterocycles. The van der Waals surface area contributed by atoms with Crippen molar-refractivity contribution in [2.75, 3.05) is 7.05 Å². The summed E-state index contributed by atoms with van der Waals surface area (Å²) >= 11 is 2.84. The average Bonchev–Trinajstić information content (AvgIpc) is 1.38. The lowest BCUT2D eigenvalue weighted by atomic mass is 11.2. The summed E-state index contributed by atoms with van der Waals surface area (Å²) in [5.74, 6) is 0. The van der Waals surface area contributed by atoms with E-state index in [1.807, 2.05) is 0 Å². The average molecular weight is 138 g/mol. The van der Waals surface area contributed by atoms with Crippen molar-refractivity contribution in [2.24, 2.45) is 0 Å². The second kappa shape index (κ2) is 2.20. The van der Waals surface area contributed by atoms with E-state index in [4.69, 9.17) is 0 Å². The molecule has 3 heteroatoms. The predicted octanol–water partition coefficient (Wildman–Crippen LogP) is 0.385. The number of carbonyl (C=O) groups is 1. The first-order valence-electron chi connectivity index (χ1n) is 1.11. The van der Waals surface area contributed by atoms with Crippen molar-refractivity contribution in [1.82, 2.24) is 3.93 Å². The Labute approximate surface area is 39.1 Å². The summed E-state index contributed by atoms with van der Waals surface area (Å²) in [6.07, 6.45) is 0.667. The van der Waals surface area contributed by atoms with Gasteiger partial charge < -0.3 is 0 Å². The van der Waals surface area contributed by atoms with Crippen LogP contribution in [0.5, 0.6) is 0 Å². The summed E-state index contributed by atoms with van der Waals surface area (Å²) in [5.41, 5.74) is 0. The number of carbonyl (C=O) groups excluding carboxylic acids is 1. The molecule has 0 N–H and O–H groups in total. The van der Waals surface area contributed by atoms with E-state index < -0.39 is 0 Å². The van der Waals surface area contributed by atoms with Gasteiger partial charge in [-0.2, -0.15) is 0 Å². The molecule has 0 fully saturated rings. The van der Waals surface area contributed by atoms with Crippen molar-refractivity contribution in [2.45, 2.75) is 0 Å². The molecule has 0 spiro atoms. The van der Waals surface area contributed by atoms with Crippen molar-refractivity contribution >= 4 is 22.6 Å². The molecule has 2 nitrogen and oxygen atoms in total. The topological polar surface area (TPSA) is 20.3 Å². The fourth-order valence-electron chi connectivity index (χ4n) is 0. The van der Waals surface area contributed by atoms with Gasteiger partial charge in [0.15, 0.2) is 0 Å². The number of nitrogens with zero attached hydrogens (tertiary/aromatic N) is 1. The maximum Gasteiger partial charge on any atom is 0.219 e. The highest BCUT2D eigenvalue weighted by atomic mass is 79.9. The Hall–Kier alpha value is -0.0500. The Bertz CT molecular complexity index is 36.6. The number of halogens is 1. The number of amides is 1. The third kappa shape index (κ3) is 3.95. The Morgan fingerprint density at radius 1 is 2.00 bits per heavy atom. The van der Waals surface area contributed by atoms with Crippen LogP contribution >= 0.6 is 16.1 Å².